The topological polar surface area (TPSA) is 67.1 Å². The highest BCUT2D eigenvalue weighted by atomic mass is 16.2. The van der Waals surface area contributed by atoms with Gasteiger partial charge in [0.25, 0.3) is 0 Å². The molecule has 0 unspecified atom stereocenters. The van der Waals surface area contributed by atoms with Gasteiger partial charge in [0.2, 0.25) is 5.91 Å². The largest absolute Gasteiger partial charge is 0.308 e. The molecule has 0 spiro atoms. The molecule has 0 fully saturated rings. The summed E-state index contributed by atoms with van der Waals surface area (Å²) >= 11 is 0. The maximum Gasteiger partial charge on any atom is 0.247 e. The normalized spacial score (nSPS) is 9.79. The van der Waals surface area contributed by atoms with Crippen molar-refractivity contribution in [1.82, 2.24) is 10.7 Å². The fourth-order valence-electron chi connectivity index (χ4n) is 1.13. The molecule has 1 aromatic rings. The lowest BCUT2D eigenvalue weighted by Crippen LogP contribution is -2.38. The van der Waals surface area contributed by atoms with E-state index in [4.69, 9.17) is 5.84 Å². The maximum absolute atomic E-state index is 10.7. The van der Waals surface area contributed by atoms with Crippen LogP contribution in [-0.4, -0.2) is 19.0 Å². The number of rotatable bonds is 5. The summed E-state index contributed by atoms with van der Waals surface area (Å²) in [6.45, 7) is 1.04. The van der Waals surface area contributed by atoms with E-state index in [9.17, 15) is 4.79 Å². The summed E-state index contributed by atoms with van der Waals surface area (Å²) in [5.74, 6) is 4.73. The number of benzene rings is 1. The summed E-state index contributed by atoms with van der Waals surface area (Å²) in [4.78, 5) is 10.7. The van der Waals surface area contributed by atoms with Gasteiger partial charge in [-0.15, -0.1) is 0 Å². The van der Waals surface area contributed by atoms with Crippen LogP contribution in [0.25, 0.3) is 0 Å². The Morgan fingerprint density at radius 2 is 2.00 bits per heavy atom. The van der Waals surface area contributed by atoms with Crippen molar-refractivity contribution in [3.05, 3.63) is 35.9 Å². The smallest absolute Gasteiger partial charge is 0.247 e. The number of hydrogen-bond donors (Lipinski definition) is 3. The zero-order valence-corrected chi connectivity index (χ0v) is 7.99. The highest BCUT2D eigenvalue weighted by Crippen LogP contribution is 1.97. The molecule has 1 rings (SSSR count). The van der Waals surface area contributed by atoms with Crippen LogP contribution in [0.3, 0.4) is 0 Å². The molecule has 1 amide bonds. The maximum atomic E-state index is 10.7. The third-order valence-corrected chi connectivity index (χ3v) is 1.88. The summed E-state index contributed by atoms with van der Waals surface area (Å²) in [6.07, 6.45) is 0.915. The van der Waals surface area contributed by atoms with Gasteiger partial charge in [-0.2, -0.15) is 0 Å². The van der Waals surface area contributed by atoms with E-state index in [2.05, 4.69) is 22.9 Å². The van der Waals surface area contributed by atoms with E-state index in [1.807, 2.05) is 18.2 Å². The van der Waals surface area contributed by atoms with E-state index >= 15 is 0 Å². The van der Waals surface area contributed by atoms with E-state index < -0.39 is 0 Å². The third kappa shape index (κ3) is 4.02. The zero-order valence-electron chi connectivity index (χ0n) is 7.99. The Balaban J connectivity index is 2.13. The number of carbonyl (C=O) groups is 1. The van der Waals surface area contributed by atoms with Crippen molar-refractivity contribution < 1.29 is 4.79 Å². The molecule has 0 atom stereocenters. The fraction of sp³-hybridized carbons (Fsp3) is 0.300. The molecule has 0 bridgehead atoms. The van der Waals surface area contributed by atoms with Crippen LogP contribution in [-0.2, 0) is 11.2 Å². The van der Waals surface area contributed by atoms with Crippen LogP contribution in [0.4, 0.5) is 0 Å². The first-order chi connectivity index (χ1) is 6.83. The lowest BCUT2D eigenvalue weighted by atomic mass is 10.1. The Bertz CT molecular complexity index is 274. The van der Waals surface area contributed by atoms with E-state index in [0.717, 1.165) is 13.0 Å². The molecule has 1 aromatic carbocycles. The van der Waals surface area contributed by atoms with Crippen LogP contribution in [0.2, 0.25) is 0 Å². The van der Waals surface area contributed by atoms with Crippen molar-refractivity contribution in [2.24, 2.45) is 5.84 Å². The Labute approximate surface area is 83.5 Å². The van der Waals surface area contributed by atoms with Gasteiger partial charge in [0, 0.05) is 0 Å². The van der Waals surface area contributed by atoms with Crippen LogP contribution >= 0.6 is 0 Å². The molecule has 76 valence electrons. The molecule has 0 saturated heterocycles. The summed E-state index contributed by atoms with van der Waals surface area (Å²) in [5, 5.41) is 2.99. The summed E-state index contributed by atoms with van der Waals surface area (Å²) in [5.41, 5.74) is 3.32. The van der Waals surface area contributed by atoms with E-state index in [1.54, 1.807) is 0 Å². The van der Waals surface area contributed by atoms with Gasteiger partial charge in [-0.1, -0.05) is 30.3 Å². The molecule has 14 heavy (non-hydrogen) atoms. The fourth-order valence-corrected chi connectivity index (χ4v) is 1.13. The average Bonchev–Trinajstić information content (AvgIpc) is 2.25. The molecular formula is C10H15N3O. The third-order valence-electron chi connectivity index (χ3n) is 1.88. The van der Waals surface area contributed by atoms with E-state index in [-0.39, 0.29) is 12.5 Å². The molecule has 0 aliphatic rings. The minimum Gasteiger partial charge on any atom is -0.308 e. The van der Waals surface area contributed by atoms with Gasteiger partial charge in [0.1, 0.15) is 0 Å². The number of carbonyl (C=O) groups excluding carboxylic acids is 1. The standard InChI is InChI=1S/C10H15N3O/c11-13-10(14)8-12-7-6-9-4-2-1-3-5-9/h1-5,12H,6-8,11H2,(H,13,14). The zero-order chi connectivity index (χ0) is 10.2. The number of hydrazine groups is 1. The van der Waals surface area contributed by atoms with Gasteiger partial charge in [0.15, 0.2) is 0 Å². The number of nitrogens with one attached hydrogen (secondary N) is 2. The monoisotopic (exact) mass is 193 g/mol. The van der Waals surface area contributed by atoms with Crippen LogP contribution in [0, 0.1) is 0 Å². The minimum atomic E-state index is -0.196. The highest BCUT2D eigenvalue weighted by molar-refractivity contribution is 5.77. The van der Waals surface area contributed by atoms with Crippen LogP contribution in [0.1, 0.15) is 5.56 Å². The molecule has 0 heterocycles. The Kier molecular flexibility index (Phi) is 4.68. The molecule has 0 saturated carbocycles. The number of amides is 1. The second kappa shape index (κ2) is 6.12. The molecule has 0 radical (unpaired) electrons. The predicted octanol–water partition coefficient (Wildman–Crippen LogP) is -0.191. The molecule has 0 aromatic heterocycles. The Morgan fingerprint density at radius 1 is 1.29 bits per heavy atom. The van der Waals surface area contributed by atoms with Gasteiger partial charge in [-0.3, -0.25) is 10.2 Å². The molecule has 4 nitrogen and oxygen atoms in total. The SMILES string of the molecule is NNC(=O)CNCCc1ccccc1. The van der Waals surface area contributed by atoms with Crippen LogP contribution in [0.15, 0.2) is 30.3 Å². The summed E-state index contributed by atoms with van der Waals surface area (Å²) < 4.78 is 0. The quantitative estimate of drug-likeness (QED) is 0.263. The molecular weight excluding hydrogens is 178 g/mol. The Hall–Kier alpha value is -1.39. The van der Waals surface area contributed by atoms with Crippen molar-refractivity contribution in [3.63, 3.8) is 0 Å². The highest BCUT2D eigenvalue weighted by Gasteiger charge is 1.96. The first kappa shape index (κ1) is 10.7. The van der Waals surface area contributed by atoms with Crippen molar-refractivity contribution in [2.75, 3.05) is 13.1 Å². The average molecular weight is 193 g/mol. The van der Waals surface area contributed by atoms with Crippen molar-refractivity contribution in [2.45, 2.75) is 6.42 Å². The molecule has 0 aliphatic carbocycles. The van der Waals surface area contributed by atoms with E-state index in [1.165, 1.54) is 5.56 Å². The molecule has 4 N–H and O–H groups in total. The van der Waals surface area contributed by atoms with Crippen molar-refractivity contribution in [1.29, 1.82) is 0 Å². The molecule has 4 heteroatoms. The summed E-state index contributed by atoms with van der Waals surface area (Å²) in [7, 11) is 0. The van der Waals surface area contributed by atoms with Gasteiger partial charge >= 0.3 is 0 Å². The van der Waals surface area contributed by atoms with Crippen LogP contribution in [0.5, 0.6) is 0 Å². The lowest BCUT2D eigenvalue weighted by Gasteiger charge is -2.03. The van der Waals surface area contributed by atoms with Gasteiger partial charge < -0.3 is 5.32 Å². The van der Waals surface area contributed by atoms with Crippen molar-refractivity contribution in [3.8, 4) is 0 Å². The summed E-state index contributed by atoms with van der Waals surface area (Å²) in [6, 6.07) is 10.1. The lowest BCUT2D eigenvalue weighted by molar-refractivity contribution is -0.120. The van der Waals surface area contributed by atoms with Gasteiger partial charge in [0.05, 0.1) is 6.54 Å². The first-order valence-electron chi connectivity index (χ1n) is 4.57. The van der Waals surface area contributed by atoms with Crippen LogP contribution < -0.4 is 16.6 Å². The predicted molar refractivity (Wildman–Crippen MR) is 55.3 cm³/mol. The number of hydrogen-bond acceptors (Lipinski definition) is 3. The van der Waals surface area contributed by atoms with Gasteiger partial charge in [-0.05, 0) is 18.5 Å². The second-order valence-electron chi connectivity index (χ2n) is 2.98. The van der Waals surface area contributed by atoms with E-state index in [0.29, 0.717) is 0 Å². The second-order valence-corrected chi connectivity index (χ2v) is 2.98. The van der Waals surface area contributed by atoms with Crippen molar-refractivity contribution >= 4 is 5.91 Å². The van der Waals surface area contributed by atoms with Gasteiger partial charge in [-0.25, -0.2) is 5.84 Å². The molecule has 0 aliphatic heterocycles. The number of nitrogens with two attached hydrogens (primary N) is 1. The first-order valence-corrected chi connectivity index (χ1v) is 4.57. The Morgan fingerprint density at radius 3 is 2.64 bits per heavy atom. The minimum absolute atomic E-state index is 0.196.